The van der Waals surface area contributed by atoms with Crippen LogP contribution in [0.15, 0.2) is 24.3 Å². The van der Waals surface area contributed by atoms with Crippen LogP contribution in [-0.2, 0) is 4.74 Å². The normalized spacial score (nSPS) is 25.9. The van der Waals surface area contributed by atoms with Crippen molar-refractivity contribution in [1.29, 1.82) is 0 Å². The van der Waals surface area contributed by atoms with Gasteiger partial charge in [0.1, 0.15) is 11.9 Å². The Hall–Kier alpha value is -1.50. The Kier molecular flexibility index (Phi) is 4.69. The number of rotatable bonds is 4. The van der Waals surface area contributed by atoms with Crippen LogP contribution in [-0.4, -0.2) is 61.4 Å². The van der Waals surface area contributed by atoms with Gasteiger partial charge < -0.3 is 20.1 Å². The zero-order chi connectivity index (χ0) is 14.7. The van der Waals surface area contributed by atoms with Gasteiger partial charge in [0.25, 0.3) is 5.91 Å². The van der Waals surface area contributed by atoms with Gasteiger partial charge in [0, 0.05) is 12.1 Å². The molecule has 1 amide bonds. The summed E-state index contributed by atoms with van der Waals surface area (Å²) in [5.74, 6) is -0.695. The fourth-order valence-corrected chi connectivity index (χ4v) is 2.20. The number of hydrogen-bond donors (Lipinski definition) is 2. The average Bonchev–Trinajstić information content (AvgIpc) is 2.78. The molecule has 110 valence electrons. The first-order valence-corrected chi connectivity index (χ1v) is 6.49. The van der Waals surface area contributed by atoms with E-state index < -0.39 is 12.2 Å². The second-order valence-electron chi connectivity index (χ2n) is 5.11. The number of aliphatic hydroxyl groups excluding tert-OH is 1. The Labute approximate surface area is 117 Å². The molecule has 5 nitrogen and oxygen atoms in total. The number of ether oxygens (including phenoxy) is 1. The van der Waals surface area contributed by atoms with Crippen LogP contribution in [0.4, 0.5) is 4.39 Å². The summed E-state index contributed by atoms with van der Waals surface area (Å²) in [5, 5.41) is 12.8. The minimum Gasteiger partial charge on any atom is -0.389 e. The second-order valence-corrected chi connectivity index (χ2v) is 5.11. The zero-order valence-corrected chi connectivity index (χ0v) is 11.5. The maximum absolute atomic E-state index is 12.8. The van der Waals surface area contributed by atoms with Crippen molar-refractivity contribution >= 4 is 5.91 Å². The molecule has 1 fully saturated rings. The van der Waals surface area contributed by atoms with Crippen LogP contribution in [0.2, 0.25) is 0 Å². The predicted molar refractivity (Wildman–Crippen MR) is 72.0 cm³/mol. The molecule has 2 N–H and O–H groups in total. The number of likely N-dealkylation sites (N-methyl/N-ethyl adjacent to an activating group) is 1. The number of nitrogens with zero attached hydrogens (tertiary/aromatic N) is 1. The highest BCUT2D eigenvalue weighted by atomic mass is 19.1. The molecule has 6 heteroatoms. The molecule has 1 aliphatic rings. The largest absolute Gasteiger partial charge is 0.389 e. The maximum Gasteiger partial charge on any atom is 0.251 e. The Morgan fingerprint density at radius 3 is 2.65 bits per heavy atom. The van der Waals surface area contributed by atoms with Gasteiger partial charge in [-0.15, -0.1) is 0 Å². The van der Waals surface area contributed by atoms with E-state index in [0.29, 0.717) is 12.2 Å². The fraction of sp³-hybridized carbons (Fsp3) is 0.500. The van der Waals surface area contributed by atoms with Crippen molar-refractivity contribution in [3.8, 4) is 0 Å². The summed E-state index contributed by atoms with van der Waals surface area (Å²) in [4.78, 5) is 13.7. The quantitative estimate of drug-likeness (QED) is 0.831. The van der Waals surface area contributed by atoms with Crippen LogP contribution in [0.25, 0.3) is 0 Å². The molecule has 0 spiro atoms. The molecule has 20 heavy (non-hydrogen) atoms. The van der Waals surface area contributed by atoms with Gasteiger partial charge in [-0.3, -0.25) is 4.79 Å². The van der Waals surface area contributed by atoms with Crippen molar-refractivity contribution in [3.05, 3.63) is 35.6 Å². The van der Waals surface area contributed by atoms with E-state index in [2.05, 4.69) is 5.32 Å². The molecule has 1 aliphatic heterocycles. The Bertz CT molecular complexity index is 464. The number of carbonyl (C=O) groups is 1. The molecule has 0 aliphatic carbocycles. The van der Waals surface area contributed by atoms with Crippen LogP contribution in [0.1, 0.15) is 10.4 Å². The van der Waals surface area contributed by atoms with E-state index in [4.69, 9.17) is 4.74 Å². The summed E-state index contributed by atoms with van der Waals surface area (Å²) >= 11 is 0. The summed E-state index contributed by atoms with van der Waals surface area (Å²) < 4.78 is 18.2. The first-order chi connectivity index (χ1) is 9.49. The number of nitrogens with one attached hydrogen (secondary N) is 1. The Morgan fingerprint density at radius 2 is 2.10 bits per heavy atom. The van der Waals surface area contributed by atoms with Gasteiger partial charge in [0.2, 0.25) is 0 Å². The minimum absolute atomic E-state index is 0.0669. The van der Waals surface area contributed by atoms with Gasteiger partial charge in [-0.2, -0.15) is 0 Å². The number of aliphatic hydroxyl groups is 1. The van der Waals surface area contributed by atoms with Gasteiger partial charge in [0.05, 0.1) is 18.8 Å². The molecule has 3 unspecified atom stereocenters. The van der Waals surface area contributed by atoms with Crippen LogP contribution < -0.4 is 5.32 Å². The smallest absolute Gasteiger partial charge is 0.251 e. The fourth-order valence-electron chi connectivity index (χ4n) is 2.20. The highest BCUT2D eigenvalue weighted by Crippen LogP contribution is 2.17. The lowest BCUT2D eigenvalue weighted by molar-refractivity contribution is 0.0361. The van der Waals surface area contributed by atoms with Gasteiger partial charge in [-0.1, -0.05) is 0 Å². The third kappa shape index (κ3) is 3.33. The summed E-state index contributed by atoms with van der Waals surface area (Å²) in [6.07, 6.45) is -1.06. The Balaban J connectivity index is 1.86. The topological polar surface area (TPSA) is 61.8 Å². The van der Waals surface area contributed by atoms with Crippen molar-refractivity contribution in [1.82, 2.24) is 10.2 Å². The number of benzene rings is 1. The first kappa shape index (κ1) is 14.9. The van der Waals surface area contributed by atoms with E-state index >= 15 is 0 Å². The minimum atomic E-state index is -0.640. The summed E-state index contributed by atoms with van der Waals surface area (Å²) in [6, 6.07) is 5.23. The maximum atomic E-state index is 12.8. The lowest BCUT2D eigenvalue weighted by Crippen LogP contribution is -2.44. The molecule has 1 aromatic rings. The first-order valence-electron chi connectivity index (χ1n) is 6.49. The van der Waals surface area contributed by atoms with Crippen LogP contribution >= 0.6 is 0 Å². The molecule has 1 heterocycles. The molecule has 1 aromatic carbocycles. The number of amides is 1. The highest BCUT2D eigenvalue weighted by Gasteiger charge is 2.37. The van der Waals surface area contributed by atoms with E-state index in [1.165, 1.54) is 24.3 Å². The molecule has 0 saturated carbocycles. The van der Waals surface area contributed by atoms with E-state index in [0.717, 1.165) is 0 Å². The SMILES string of the molecule is CN(C)C1COC(CNC(=O)c2ccc(F)cc2)C1O. The second kappa shape index (κ2) is 6.30. The van der Waals surface area contributed by atoms with Crippen LogP contribution in [0, 0.1) is 5.82 Å². The van der Waals surface area contributed by atoms with Crippen LogP contribution in [0.3, 0.4) is 0 Å². The standard InChI is InChI=1S/C14H19FN2O3/c1-17(2)11-8-20-12(13(11)18)7-16-14(19)9-3-5-10(15)6-4-9/h3-6,11-13,18H,7-8H2,1-2H3,(H,16,19). The van der Waals surface area contributed by atoms with Crippen molar-refractivity contribution < 1.29 is 19.0 Å². The lowest BCUT2D eigenvalue weighted by atomic mass is 10.1. The number of halogens is 1. The van der Waals surface area contributed by atoms with E-state index in [1.807, 2.05) is 19.0 Å². The molecule has 3 atom stereocenters. The molecule has 0 bridgehead atoms. The summed E-state index contributed by atoms with van der Waals surface area (Å²) in [6.45, 7) is 0.660. The number of hydrogen-bond acceptors (Lipinski definition) is 4. The van der Waals surface area contributed by atoms with Crippen molar-refractivity contribution in [2.24, 2.45) is 0 Å². The monoisotopic (exact) mass is 282 g/mol. The molecular weight excluding hydrogens is 263 g/mol. The summed E-state index contributed by atoms with van der Waals surface area (Å²) in [7, 11) is 3.74. The molecule has 0 radical (unpaired) electrons. The van der Waals surface area contributed by atoms with Crippen LogP contribution in [0.5, 0.6) is 0 Å². The average molecular weight is 282 g/mol. The summed E-state index contributed by atoms with van der Waals surface area (Å²) in [5.41, 5.74) is 0.378. The van der Waals surface area contributed by atoms with Crippen molar-refractivity contribution in [2.45, 2.75) is 18.2 Å². The number of carbonyl (C=O) groups excluding carboxylic acids is 1. The van der Waals surface area contributed by atoms with Gasteiger partial charge in [0.15, 0.2) is 0 Å². The van der Waals surface area contributed by atoms with E-state index in [-0.39, 0.29) is 24.3 Å². The molecular formula is C14H19FN2O3. The molecule has 2 rings (SSSR count). The third-order valence-electron chi connectivity index (χ3n) is 3.49. The predicted octanol–water partition coefficient (Wildman–Crippen LogP) is 0.245. The Morgan fingerprint density at radius 1 is 1.45 bits per heavy atom. The highest BCUT2D eigenvalue weighted by molar-refractivity contribution is 5.94. The van der Waals surface area contributed by atoms with Crippen molar-refractivity contribution in [2.75, 3.05) is 27.2 Å². The molecule has 0 aromatic heterocycles. The van der Waals surface area contributed by atoms with Gasteiger partial charge in [-0.05, 0) is 38.4 Å². The van der Waals surface area contributed by atoms with Gasteiger partial charge in [-0.25, -0.2) is 4.39 Å². The zero-order valence-electron chi connectivity index (χ0n) is 11.5. The van der Waals surface area contributed by atoms with E-state index in [9.17, 15) is 14.3 Å². The van der Waals surface area contributed by atoms with E-state index in [1.54, 1.807) is 0 Å². The lowest BCUT2D eigenvalue weighted by Gasteiger charge is -2.22. The third-order valence-corrected chi connectivity index (χ3v) is 3.49. The van der Waals surface area contributed by atoms with Crippen molar-refractivity contribution in [3.63, 3.8) is 0 Å². The molecule has 1 saturated heterocycles. The van der Waals surface area contributed by atoms with Gasteiger partial charge >= 0.3 is 0 Å².